The van der Waals surface area contributed by atoms with Crippen LogP contribution in [0, 0.1) is 15.5 Å². The van der Waals surface area contributed by atoms with Crippen LogP contribution in [-0.4, -0.2) is 36.4 Å². The molecule has 1 aromatic carbocycles. The number of nitro groups is 1. The zero-order chi connectivity index (χ0) is 15.9. The van der Waals surface area contributed by atoms with Gasteiger partial charge < -0.3 is 4.74 Å². The number of hydrogen-bond acceptors (Lipinski definition) is 6. The fraction of sp³-hybridized carbons (Fsp3) is 0.462. The third-order valence-corrected chi connectivity index (χ3v) is 6.02. The molecule has 21 heavy (non-hydrogen) atoms. The summed E-state index contributed by atoms with van der Waals surface area (Å²) in [6.07, 6.45) is 0. The van der Waals surface area contributed by atoms with E-state index >= 15 is 0 Å². The second-order valence-electron chi connectivity index (χ2n) is 5.60. The van der Waals surface area contributed by atoms with Crippen LogP contribution in [0.15, 0.2) is 30.3 Å². The highest BCUT2D eigenvalue weighted by Crippen LogP contribution is 2.44. The summed E-state index contributed by atoms with van der Waals surface area (Å²) in [5, 5.41) is 11.3. The molecule has 0 amide bonds. The summed E-state index contributed by atoms with van der Waals surface area (Å²) >= 11 is 0. The average Bonchev–Trinajstić information content (AvgIpc) is 2.58. The monoisotopic (exact) mass is 313 g/mol. The third-order valence-electron chi connectivity index (χ3n) is 4.01. The minimum absolute atomic E-state index is 0.221. The van der Waals surface area contributed by atoms with Crippen molar-refractivity contribution < 1.29 is 22.9 Å². The number of benzene rings is 1. The van der Waals surface area contributed by atoms with E-state index in [4.69, 9.17) is 4.74 Å². The van der Waals surface area contributed by atoms with Crippen molar-refractivity contribution in [1.29, 1.82) is 0 Å². The number of ether oxygens (including phenoxy) is 1. The minimum atomic E-state index is -3.69. The van der Waals surface area contributed by atoms with Crippen LogP contribution in [0.2, 0.25) is 0 Å². The van der Waals surface area contributed by atoms with E-state index in [1.54, 1.807) is 18.2 Å². The van der Waals surface area contributed by atoms with Crippen molar-refractivity contribution in [1.82, 2.24) is 0 Å². The molecule has 2 rings (SSSR count). The largest absolute Gasteiger partial charge is 0.426 e. The molecule has 0 aliphatic carbocycles. The second kappa shape index (κ2) is 4.80. The molecule has 0 aromatic heterocycles. The highest BCUT2D eigenvalue weighted by atomic mass is 32.2. The molecule has 7 nitrogen and oxygen atoms in total. The Morgan fingerprint density at radius 1 is 1.24 bits per heavy atom. The highest BCUT2D eigenvalue weighted by molar-refractivity contribution is 7.91. The molecule has 0 radical (unpaired) electrons. The molecule has 1 aliphatic rings. The Hall–Kier alpha value is -1.96. The molecule has 0 spiro atoms. The Labute approximate surface area is 122 Å². The summed E-state index contributed by atoms with van der Waals surface area (Å²) in [6, 6.07) is 8.05. The molecule has 0 N–H and O–H groups in total. The minimum Gasteiger partial charge on any atom is -0.426 e. The highest BCUT2D eigenvalue weighted by Gasteiger charge is 2.69. The fourth-order valence-electron chi connectivity index (χ4n) is 2.48. The SMILES string of the molecule is C[C@@]1(C(=O)Oc2ccccc2)CS(=O)(=O)C[C@@]1(C)[N+](=O)[O-]. The summed E-state index contributed by atoms with van der Waals surface area (Å²) in [4.78, 5) is 23.0. The van der Waals surface area contributed by atoms with Gasteiger partial charge in [0.1, 0.15) is 16.9 Å². The van der Waals surface area contributed by atoms with Gasteiger partial charge in [-0.3, -0.25) is 14.9 Å². The molecule has 1 aliphatic heterocycles. The van der Waals surface area contributed by atoms with Gasteiger partial charge in [0.15, 0.2) is 9.84 Å². The summed E-state index contributed by atoms with van der Waals surface area (Å²) in [6.45, 7) is 2.44. The van der Waals surface area contributed by atoms with Gasteiger partial charge in [-0.1, -0.05) is 18.2 Å². The smallest absolute Gasteiger partial charge is 0.325 e. The first-order chi connectivity index (χ1) is 9.61. The van der Waals surface area contributed by atoms with Crippen LogP contribution in [0.5, 0.6) is 5.75 Å². The summed E-state index contributed by atoms with van der Waals surface area (Å²) < 4.78 is 28.8. The zero-order valence-electron chi connectivity index (χ0n) is 11.6. The predicted octanol–water partition coefficient (Wildman–Crippen LogP) is 1.06. The van der Waals surface area contributed by atoms with Crippen LogP contribution in [-0.2, 0) is 14.6 Å². The molecule has 0 unspecified atom stereocenters. The molecular weight excluding hydrogens is 298 g/mol. The number of nitrogens with zero attached hydrogens (tertiary/aromatic N) is 1. The first kappa shape index (κ1) is 15.4. The molecule has 0 saturated carbocycles. The lowest BCUT2D eigenvalue weighted by Crippen LogP contribution is -2.55. The van der Waals surface area contributed by atoms with Crippen LogP contribution >= 0.6 is 0 Å². The summed E-state index contributed by atoms with van der Waals surface area (Å²) in [5.41, 5.74) is -3.64. The van der Waals surface area contributed by atoms with Crippen LogP contribution in [0.3, 0.4) is 0 Å². The van der Waals surface area contributed by atoms with Gasteiger partial charge in [-0.05, 0) is 19.1 Å². The van der Waals surface area contributed by atoms with Crippen LogP contribution in [0.1, 0.15) is 13.8 Å². The van der Waals surface area contributed by atoms with Gasteiger partial charge in [0, 0.05) is 11.8 Å². The number of para-hydroxylation sites is 1. The van der Waals surface area contributed by atoms with E-state index in [9.17, 15) is 23.3 Å². The first-order valence-corrected chi connectivity index (χ1v) is 8.05. The number of sulfone groups is 1. The third kappa shape index (κ3) is 2.51. The topological polar surface area (TPSA) is 104 Å². The first-order valence-electron chi connectivity index (χ1n) is 6.23. The fourth-order valence-corrected chi connectivity index (χ4v) is 5.17. The van der Waals surface area contributed by atoms with Gasteiger partial charge in [-0.15, -0.1) is 0 Å². The number of esters is 1. The molecule has 114 valence electrons. The average molecular weight is 313 g/mol. The summed E-state index contributed by atoms with van der Waals surface area (Å²) in [7, 11) is -3.69. The number of carbonyl (C=O) groups excluding carboxylic acids is 1. The van der Waals surface area contributed by atoms with E-state index in [2.05, 4.69) is 0 Å². The van der Waals surface area contributed by atoms with Crippen molar-refractivity contribution in [3.05, 3.63) is 40.4 Å². The molecule has 8 heteroatoms. The maximum Gasteiger partial charge on any atom is 0.325 e. The molecule has 0 bridgehead atoms. The van der Waals surface area contributed by atoms with Crippen molar-refractivity contribution in [3.8, 4) is 5.75 Å². The van der Waals surface area contributed by atoms with E-state index < -0.39 is 43.2 Å². The van der Waals surface area contributed by atoms with Crippen molar-refractivity contribution in [2.24, 2.45) is 5.41 Å². The van der Waals surface area contributed by atoms with Gasteiger partial charge >= 0.3 is 5.97 Å². The number of carbonyl (C=O) groups is 1. The summed E-state index contributed by atoms with van der Waals surface area (Å²) in [5.74, 6) is -1.95. The lowest BCUT2D eigenvalue weighted by molar-refractivity contribution is -0.573. The maximum absolute atomic E-state index is 12.4. The Kier molecular flexibility index (Phi) is 3.53. The van der Waals surface area contributed by atoms with E-state index in [0.29, 0.717) is 0 Å². The lowest BCUT2D eigenvalue weighted by Gasteiger charge is -2.29. The van der Waals surface area contributed by atoms with Gasteiger partial charge in [0.25, 0.3) is 0 Å². The standard InChI is InChI=1S/C13H15NO6S/c1-12(11(15)20-10-6-4-3-5-7-10)8-21(18,19)9-13(12,2)14(16)17/h3-7H,8-9H2,1-2H3/t12-,13+/m0/s1. The van der Waals surface area contributed by atoms with E-state index in [-0.39, 0.29) is 5.75 Å². The van der Waals surface area contributed by atoms with E-state index in [1.807, 2.05) is 0 Å². The zero-order valence-corrected chi connectivity index (χ0v) is 12.4. The Morgan fingerprint density at radius 3 is 2.33 bits per heavy atom. The Bertz CT molecular complexity index is 686. The van der Waals surface area contributed by atoms with Crippen LogP contribution in [0.4, 0.5) is 0 Å². The molecule has 1 heterocycles. The molecule has 2 atom stereocenters. The van der Waals surface area contributed by atoms with Crippen molar-refractivity contribution in [2.45, 2.75) is 19.4 Å². The van der Waals surface area contributed by atoms with Crippen molar-refractivity contribution in [2.75, 3.05) is 11.5 Å². The quantitative estimate of drug-likeness (QED) is 0.358. The number of rotatable bonds is 3. The van der Waals surface area contributed by atoms with Gasteiger partial charge in [-0.25, -0.2) is 8.42 Å². The maximum atomic E-state index is 12.4. The Balaban J connectivity index is 2.39. The van der Waals surface area contributed by atoms with Gasteiger partial charge in [0.05, 0.1) is 5.75 Å². The molecule has 1 saturated heterocycles. The van der Waals surface area contributed by atoms with Crippen molar-refractivity contribution >= 4 is 15.8 Å². The second-order valence-corrected chi connectivity index (χ2v) is 7.66. The van der Waals surface area contributed by atoms with Crippen molar-refractivity contribution in [3.63, 3.8) is 0 Å². The van der Waals surface area contributed by atoms with Crippen LogP contribution in [0.25, 0.3) is 0 Å². The Morgan fingerprint density at radius 2 is 1.81 bits per heavy atom. The normalized spacial score (nSPS) is 30.8. The van der Waals surface area contributed by atoms with Crippen LogP contribution < -0.4 is 4.74 Å². The van der Waals surface area contributed by atoms with E-state index in [1.165, 1.54) is 26.0 Å². The molecule has 1 fully saturated rings. The molecular formula is C13H15NO6S. The lowest BCUT2D eigenvalue weighted by atomic mass is 9.75. The molecule has 1 aromatic rings. The van der Waals surface area contributed by atoms with E-state index in [0.717, 1.165) is 0 Å². The van der Waals surface area contributed by atoms with Gasteiger partial charge in [0.2, 0.25) is 5.54 Å². The predicted molar refractivity (Wildman–Crippen MR) is 74.2 cm³/mol. The van der Waals surface area contributed by atoms with Gasteiger partial charge in [-0.2, -0.15) is 0 Å². The number of hydrogen-bond donors (Lipinski definition) is 0.